The molecule has 0 atom stereocenters. The lowest BCUT2D eigenvalue weighted by Crippen LogP contribution is -2.10. The highest BCUT2D eigenvalue weighted by Gasteiger charge is 2.27. The molecule has 0 spiro atoms. The summed E-state index contributed by atoms with van der Waals surface area (Å²) in [6.07, 6.45) is 2.26. The number of hydrogen-bond acceptors (Lipinski definition) is 5. The first-order chi connectivity index (χ1) is 11.6. The van der Waals surface area contributed by atoms with Gasteiger partial charge in [0.2, 0.25) is 0 Å². The summed E-state index contributed by atoms with van der Waals surface area (Å²) in [5.41, 5.74) is 4.07. The maximum Gasteiger partial charge on any atom is 0.356 e. The Kier molecular flexibility index (Phi) is 3.12. The molecule has 8 nitrogen and oxygen atoms in total. The second kappa shape index (κ2) is 5.19. The number of imidazole rings is 1. The van der Waals surface area contributed by atoms with Gasteiger partial charge in [-0.3, -0.25) is 4.57 Å². The highest BCUT2D eigenvalue weighted by Crippen LogP contribution is 2.36. The van der Waals surface area contributed by atoms with Gasteiger partial charge in [-0.05, 0) is 24.6 Å². The average molecular weight is 325 g/mol. The fraction of sp³-hybridized carbons (Fsp3) is 0.250. The van der Waals surface area contributed by atoms with Crippen LogP contribution < -0.4 is 4.74 Å². The molecule has 1 N–H and O–H groups in total. The van der Waals surface area contributed by atoms with Crippen molar-refractivity contribution in [3.63, 3.8) is 0 Å². The van der Waals surface area contributed by atoms with Crippen molar-refractivity contribution in [1.29, 1.82) is 0 Å². The van der Waals surface area contributed by atoms with Gasteiger partial charge in [0.05, 0.1) is 36.4 Å². The summed E-state index contributed by atoms with van der Waals surface area (Å²) in [7, 11) is 1.61. The number of fused-ring (bicyclic) bond motifs is 5. The second-order valence-electron chi connectivity index (χ2n) is 5.49. The van der Waals surface area contributed by atoms with E-state index in [0.29, 0.717) is 18.0 Å². The fourth-order valence-electron chi connectivity index (χ4n) is 3.09. The molecule has 0 bridgehead atoms. The number of aromatic nitrogens is 5. The standard InChI is InChI=1S/C16H15N5O3/c1-3-11-15-10-6-9(24-2)4-5-12(10)20-8-17-14(16(22)23)13(20)7-21(15)19-18-11/h4-6,8H,3,7H2,1-2H3,(H,22,23). The number of ether oxygens (including phenoxy) is 1. The number of carbonyl (C=O) groups is 1. The van der Waals surface area contributed by atoms with Crippen molar-refractivity contribution in [3.05, 3.63) is 41.6 Å². The van der Waals surface area contributed by atoms with Gasteiger partial charge in [-0.2, -0.15) is 0 Å². The fourth-order valence-corrected chi connectivity index (χ4v) is 3.09. The summed E-state index contributed by atoms with van der Waals surface area (Å²) in [5, 5.41) is 17.9. The molecule has 0 saturated carbocycles. The van der Waals surface area contributed by atoms with Gasteiger partial charge in [0, 0.05) is 5.56 Å². The zero-order chi connectivity index (χ0) is 16.8. The van der Waals surface area contributed by atoms with Crippen LogP contribution in [0.5, 0.6) is 5.75 Å². The Morgan fingerprint density at radius 3 is 2.96 bits per heavy atom. The van der Waals surface area contributed by atoms with Crippen molar-refractivity contribution in [2.45, 2.75) is 19.9 Å². The van der Waals surface area contributed by atoms with Crippen LogP contribution in [-0.2, 0) is 13.0 Å². The van der Waals surface area contributed by atoms with Crippen molar-refractivity contribution in [2.75, 3.05) is 7.11 Å². The minimum absolute atomic E-state index is 0.0261. The molecule has 4 rings (SSSR count). The maximum absolute atomic E-state index is 11.5. The lowest BCUT2D eigenvalue weighted by Gasteiger charge is -2.11. The summed E-state index contributed by atoms with van der Waals surface area (Å²) in [4.78, 5) is 15.5. The molecular weight excluding hydrogens is 310 g/mol. The Labute approximate surface area is 137 Å². The molecule has 0 fully saturated rings. The van der Waals surface area contributed by atoms with Gasteiger partial charge in [-0.1, -0.05) is 12.1 Å². The van der Waals surface area contributed by atoms with E-state index < -0.39 is 5.97 Å². The third kappa shape index (κ3) is 1.92. The average Bonchev–Trinajstić information content (AvgIpc) is 3.16. The van der Waals surface area contributed by atoms with Crippen LogP contribution in [0.4, 0.5) is 0 Å². The molecule has 0 aliphatic carbocycles. The number of hydrogen-bond donors (Lipinski definition) is 1. The second-order valence-corrected chi connectivity index (χ2v) is 5.49. The number of aromatic carboxylic acids is 1. The van der Waals surface area contributed by atoms with Gasteiger partial charge in [0.1, 0.15) is 12.1 Å². The summed E-state index contributed by atoms with van der Waals surface area (Å²) >= 11 is 0. The highest BCUT2D eigenvalue weighted by molar-refractivity contribution is 5.87. The predicted molar refractivity (Wildman–Crippen MR) is 84.6 cm³/mol. The summed E-state index contributed by atoms with van der Waals surface area (Å²) in [6.45, 7) is 2.31. The summed E-state index contributed by atoms with van der Waals surface area (Å²) in [6, 6.07) is 5.65. The molecule has 24 heavy (non-hydrogen) atoms. The van der Waals surface area contributed by atoms with Crippen LogP contribution in [0.25, 0.3) is 16.9 Å². The van der Waals surface area contributed by atoms with E-state index in [1.807, 2.05) is 25.1 Å². The molecule has 122 valence electrons. The molecule has 0 amide bonds. The first-order valence-electron chi connectivity index (χ1n) is 7.54. The normalized spacial score (nSPS) is 12.1. The van der Waals surface area contributed by atoms with Crippen molar-refractivity contribution >= 4 is 5.97 Å². The zero-order valence-electron chi connectivity index (χ0n) is 13.2. The molecule has 0 unspecified atom stereocenters. The number of carboxylic acid groups (broad SMARTS) is 1. The van der Waals surface area contributed by atoms with Crippen LogP contribution >= 0.6 is 0 Å². The quantitative estimate of drug-likeness (QED) is 0.617. The van der Waals surface area contributed by atoms with E-state index in [0.717, 1.165) is 29.1 Å². The Bertz CT molecular complexity index is 957. The summed E-state index contributed by atoms with van der Waals surface area (Å²) < 4.78 is 8.87. The topological polar surface area (TPSA) is 95.1 Å². The number of methoxy groups -OCH3 is 1. The number of carboxylic acids is 1. The number of aryl methyl sites for hydroxylation is 1. The molecule has 2 aromatic heterocycles. The van der Waals surface area contributed by atoms with Crippen molar-refractivity contribution in [2.24, 2.45) is 0 Å². The molecule has 1 aliphatic rings. The highest BCUT2D eigenvalue weighted by atomic mass is 16.5. The van der Waals surface area contributed by atoms with Crippen LogP contribution in [0, 0.1) is 0 Å². The van der Waals surface area contributed by atoms with E-state index in [4.69, 9.17) is 4.74 Å². The number of nitrogens with zero attached hydrogens (tertiary/aromatic N) is 5. The zero-order valence-corrected chi connectivity index (χ0v) is 13.2. The Balaban J connectivity index is 2.07. The van der Waals surface area contributed by atoms with Crippen LogP contribution in [0.1, 0.15) is 28.8 Å². The Morgan fingerprint density at radius 1 is 1.42 bits per heavy atom. The molecule has 3 heterocycles. The van der Waals surface area contributed by atoms with Gasteiger partial charge in [-0.25, -0.2) is 14.5 Å². The van der Waals surface area contributed by atoms with Gasteiger partial charge < -0.3 is 9.84 Å². The van der Waals surface area contributed by atoms with E-state index in [1.54, 1.807) is 16.4 Å². The maximum atomic E-state index is 11.5. The Hall–Kier alpha value is -3.16. The van der Waals surface area contributed by atoms with Gasteiger partial charge in [0.25, 0.3) is 0 Å². The van der Waals surface area contributed by atoms with Crippen molar-refractivity contribution in [3.8, 4) is 22.7 Å². The third-order valence-corrected chi connectivity index (χ3v) is 4.23. The Morgan fingerprint density at radius 2 is 2.25 bits per heavy atom. The minimum atomic E-state index is -1.06. The molecule has 8 heteroatoms. The number of benzene rings is 1. The number of rotatable bonds is 3. The molecule has 3 aromatic rings. The lowest BCUT2D eigenvalue weighted by atomic mass is 10.1. The van der Waals surface area contributed by atoms with E-state index >= 15 is 0 Å². The van der Waals surface area contributed by atoms with E-state index in [1.165, 1.54) is 6.33 Å². The summed E-state index contributed by atoms with van der Waals surface area (Å²) in [5.74, 6) is -0.344. The molecular formula is C16H15N5O3. The predicted octanol–water partition coefficient (Wildman–Crippen LogP) is 1.76. The smallest absolute Gasteiger partial charge is 0.356 e. The molecule has 1 aliphatic heterocycles. The van der Waals surface area contributed by atoms with Gasteiger partial charge in [-0.15, -0.1) is 5.10 Å². The first kappa shape index (κ1) is 14.4. The van der Waals surface area contributed by atoms with Crippen molar-refractivity contribution in [1.82, 2.24) is 24.5 Å². The van der Waals surface area contributed by atoms with E-state index in [9.17, 15) is 9.90 Å². The van der Waals surface area contributed by atoms with Gasteiger partial charge in [0.15, 0.2) is 5.69 Å². The third-order valence-electron chi connectivity index (χ3n) is 4.23. The van der Waals surface area contributed by atoms with Crippen LogP contribution in [-0.4, -0.2) is 42.7 Å². The lowest BCUT2D eigenvalue weighted by molar-refractivity contribution is 0.0689. The van der Waals surface area contributed by atoms with Crippen LogP contribution in [0.2, 0.25) is 0 Å². The monoisotopic (exact) mass is 325 g/mol. The molecule has 0 radical (unpaired) electrons. The SMILES string of the molecule is CCc1nnn2c1-c1cc(OC)ccc1-n1cnc(C(=O)O)c1C2. The minimum Gasteiger partial charge on any atom is -0.497 e. The molecule has 0 saturated heterocycles. The van der Waals surface area contributed by atoms with E-state index in [-0.39, 0.29) is 5.69 Å². The van der Waals surface area contributed by atoms with Crippen LogP contribution in [0.15, 0.2) is 24.5 Å². The van der Waals surface area contributed by atoms with Gasteiger partial charge >= 0.3 is 5.97 Å². The van der Waals surface area contributed by atoms with Crippen LogP contribution in [0.3, 0.4) is 0 Å². The first-order valence-corrected chi connectivity index (χ1v) is 7.54. The largest absolute Gasteiger partial charge is 0.497 e. The van der Waals surface area contributed by atoms with E-state index in [2.05, 4.69) is 15.3 Å². The molecule has 1 aromatic carbocycles. The van der Waals surface area contributed by atoms with Crippen molar-refractivity contribution < 1.29 is 14.6 Å².